The van der Waals surface area contributed by atoms with Crippen LogP contribution in [-0.4, -0.2) is 16.2 Å². The Balaban J connectivity index is 2.79. The van der Waals surface area contributed by atoms with E-state index in [4.69, 9.17) is 10.5 Å². The Morgan fingerprint density at radius 2 is 1.96 bits per heavy atom. The molecule has 1 aromatic heterocycles. The summed E-state index contributed by atoms with van der Waals surface area (Å²) >= 11 is 1.08. The molecule has 5 nitrogen and oxygen atoms in total. The summed E-state index contributed by atoms with van der Waals surface area (Å²) in [4.78, 5) is 18.2. The van der Waals surface area contributed by atoms with Gasteiger partial charge in [-0.05, 0) is 18.4 Å². The van der Waals surface area contributed by atoms with E-state index in [0.29, 0.717) is 6.07 Å². The highest BCUT2D eigenvalue weighted by Crippen LogP contribution is 2.34. The minimum atomic E-state index is -4.74. The zero-order valence-corrected chi connectivity index (χ0v) is 12.3. The van der Waals surface area contributed by atoms with E-state index in [1.54, 1.807) is 12.3 Å². The van der Waals surface area contributed by atoms with E-state index in [1.165, 1.54) is 12.1 Å². The van der Waals surface area contributed by atoms with E-state index in [0.717, 1.165) is 17.8 Å². The fourth-order valence-corrected chi connectivity index (χ4v) is 2.26. The van der Waals surface area contributed by atoms with Crippen LogP contribution in [0.2, 0.25) is 0 Å². The van der Waals surface area contributed by atoms with Crippen LogP contribution >= 0.6 is 11.8 Å². The number of benzene rings is 1. The van der Waals surface area contributed by atoms with Crippen molar-refractivity contribution >= 4 is 11.8 Å². The SMILES string of the molecule is CSc1nc(-c2ccc(C#N)c(C(F)(F)F)c2)c(C#N)c(=O)[nH]1. The van der Waals surface area contributed by atoms with Crippen molar-refractivity contribution in [3.63, 3.8) is 0 Å². The van der Waals surface area contributed by atoms with E-state index >= 15 is 0 Å². The molecule has 0 radical (unpaired) electrons. The van der Waals surface area contributed by atoms with Gasteiger partial charge in [0.25, 0.3) is 5.56 Å². The summed E-state index contributed by atoms with van der Waals surface area (Å²) in [6, 6.07) is 6.03. The quantitative estimate of drug-likeness (QED) is 0.672. The Morgan fingerprint density at radius 1 is 1.26 bits per heavy atom. The lowest BCUT2D eigenvalue weighted by atomic mass is 10.0. The van der Waals surface area contributed by atoms with Gasteiger partial charge >= 0.3 is 6.18 Å². The molecule has 0 amide bonds. The van der Waals surface area contributed by atoms with Gasteiger partial charge in [-0.15, -0.1) is 0 Å². The van der Waals surface area contributed by atoms with Crippen LogP contribution in [0.4, 0.5) is 13.2 Å². The molecule has 0 saturated carbocycles. The molecule has 0 spiro atoms. The standard InChI is InChI=1S/C14H7F3N4OS/c1-23-13-20-11(9(6-19)12(22)21-13)7-2-3-8(5-18)10(4-7)14(15,16)17/h2-4H,1H3,(H,20,21,22). The number of hydrogen-bond donors (Lipinski definition) is 1. The zero-order valence-electron chi connectivity index (χ0n) is 11.5. The second kappa shape index (κ2) is 6.15. The molecule has 0 aliphatic heterocycles. The van der Waals surface area contributed by atoms with Gasteiger partial charge in [0.15, 0.2) is 5.16 Å². The van der Waals surface area contributed by atoms with Crippen molar-refractivity contribution in [2.75, 3.05) is 6.26 Å². The molecule has 116 valence electrons. The van der Waals surface area contributed by atoms with Crippen molar-refractivity contribution in [2.45, 2.75) is 11.3 Å². The predicted octanol–water partition coefficient (Wildman–Crippen LogP) is 2.92. The first-order chi connectivity index (χ1) is 10.8. The molecule has 9 heteroatoms. The molecule has 1 aromatic carbocycles. The Kier molecular flexibility index (Phi) is 4.43. The molecule has 0 fully saturated rings. The van der Waals surface area contributed by atoms with Gasteiger partial charge in [0.1, 0.15) is 11.6 Å². The van der Waals surface area contributed by atoms with E-state index < -0.39 is 22.9 Å². The number of nitrogens with zero attached hydrogens (tertiary/aromatic N) is 3. The highest BCUT2D eigenvalue weighted by molar-refractivity contribution is 7.98. The average Bonchev–Trinajstić information content (AvgIpc) is 2.52. The molecule has 0 unspecified atom stereocenters. The maximum atomic E-state index is 13.0. The lowest BCUT2D eigenvalue weighted by molar-refractivity contribution is -0.137. The van der Waals surface area contributed by atoms with Crippen LogP contribution in [0, 0.1) is 22.7 Å². The summed E-state index contributed by atoms with van der Waals surface area (Å²) in [5.74, 6) is 0. The first-order valence-corrected chi connectivity index (χ1v) is 7.24. The Labute approximate surface area is 132 Å². The van der Waals surface area contributed by atoms with Crippen LogP contribution in [0.25, 0.3) is 11.3 Å². The number of rotatable bonds is 2. The highest BCUT2D eigenvalue weighted by atomic mass is 32.2. The third-order valence-electron chi connectivity index (χ3n) is 2.92. The van der Waals surface area contributed by atoms with Crippen LogP contribution in [-0.2, 0) is 6.18 Å². The Bertz CT molecular complexity index is 906. The fourth-order valence-electron chi connectivity index (χ4n) is 1.89. The van der Waals surface area contributed by atoms with Crippen LogP contribution in [0.5, 0.6) is 0 Å². The van der Waals surface area contributed by atoms with Crippen LogP contribution in [0.1, 0.15) is 16.7 Å². The van der Waals surface area contributed by atoms with Gasteiger partial charge in [-0.25, -0.2) is 4.98 Å². The second-order valence-corrected chi connectivity index (χ2v) is 5.08. The maximum absolute atomic E-state index is 13.0. The van der Waals surface area contributed by atoms with Crippen molar-refractivity contribution < 1.29 is 13.2 Å². The maximum Gasteiger partial charge on any atom is 0.417 e. The molecule has 2 aromatic rings. The molecule has 0 atom stereocenters. The summed E-state index contributed by atoms with van der Waals surface area (Å²) in [6.07, 6.45) is -3.12. The number of nitriles is 2. The lowest BCUT2D eigenvalue weighted by Crippen LogP contribution is -2.15. The van der Waals surface area contributed by atoms with Crippen LogP contribution in [0.15, 0.2) is 28.2 Å². The minimum absolute atomic E-state index is 0.0609. The topological polar surface area (TPSA) is 93.3 Å². The molecule has 0 aliphatic rings. The van der Waals surface area contributed by atoms with Crippen molar-refractivity contribution in [3.8, 4) is 23.4 Å². The average molecular weight is 336 g/mol. The molecule has 0 aliphatic carbocycles. The molecule has 1 heterocycles. The summed E-state index contributed by atoms with van der Waals surface area (Å²) in [7, 11) is 0. The van der Waals surface area contributed by atoms with E-state index in [-0.39, 0.29) is 22.0 Å². The summed E-state index contributed by atoms with van der Waals surface area (Å²) in [6.45, 7) is 0. The smallest absolute Gasteiger partial charge is 0.300 e. The molecule has 23 heavy (non-hydrogen) atoms. The predicted molar refractivity (Wildman–Crippen MR) is 76.5 cm³/mol. The molecular weight excluding hydrogens is 329 g/mol. The van der Waals surface area contributed by atoms with Gasteiger partial charge in [-0.3, -0.25) is 4.79 Å². The summed E-state index contributed by atoms with van der Waals surface area (Å²) < 4.78 is 39.1. The number of H-pyrrole nitrogens is 1. The number of alkyl halides is 3. The minimum Gasteiger partial charge on any atom is -0.300 e. The second-order valence-electron chi connectivity index (χ2n) is 4.28. The van der Waals surface area contributed by atoms with Crippen molar-refractivity contribution in [3.05, 3.63) is 45.2 Å². The van der Waals surface area contributed by atoms with Crippen molar-refractivity contribution in [1.82, 2.24) is 9.97 Å². The van der Waals surface area contributed by atoms with Crippen LogP contribution < -0.4 is 5.56 Å². The molecule has 2 rings (SSSR count). The largest absolute Gasteiger partial charge is 0.417 e. The molecular formula is C14H7F3N4OS. The van der Waals surface area contributed by atoms with E-state index in [9.17, 15) is 18.0 Å². The van der Waals surface area contributed by atoms with Gasteiger partial charge in [0.05, 0.1) is 22.9 Å². The summed E-state index contributed by atoms with van der Waals surface area (Å²) in [5.41, 5.74) is -3.03. The Hall–Kier alpha value is -2.78. The van der Waals surface area contributed by atoms with E-state index in [1.807, 2.05) is 0 Å². The monoisotopic (exact) mass is 336 g/mol. The first kappa shape index (κ1) is 16.6. The number of aromatic nitrogens is 2. The zero-order chi connectivity index (χ0) is 17.2. The van der Waals surface area contributed by atoms with Gasteiger partial charge in [-0.1, -0.05) is 17.8 Å². The fraction of sp³-hybridized carbons (Fsp3) is 0.143. The van der Waals surface area contributed by atoms with Gasteiger partial charge < -0.3 is 4.98 Å². The van der Waals surface area contributed by atoms with Crippen molar-refractivity contribution in [1.29, 1.82) is 10.5 Å². The molecule has 0 saturated heterocycles. The number of halogens is 3. The normalized spacial score (nSPS) is 10.9. The molecule has 0 bridgehead atoms. The number of nitrogens with one attached hydrogen (secondary N) is 1. The van der Waals surface area contributed by atoms with Gasteiger partial charge in [0, 0.05) is 5.56 Å². The number of hydrogen-bond acceptors (Lipinski definition) is 5. The Morgan fingerprint density at radius 3 is 2.48 bits per heavy atom. The van der Waals surface area contributed by atoms with E-state index in [2.05, 4.69) is 9.97 Å². The molecule has 1 N–H and O–H groups in total. The first-order valence-electron chi connectivity index (χ1n) is 6.02. The third kappa shape index (κ3) is 3.20. The van der Waals surface area contributed by atoms with Crippen molar-refractivity contribution in [2.24, 2.45) is 0 Å². The lowest BCUT2D eigenvalue weighted by Gasteiger charge is -2.11. The number of aromatic amines is 1. The highest BCUT2D eigenvalue weighted by Gasteiger charge is 2.34. The van der Waals surface area contributed by atoms with Gasteiger partial charge in [0.2, 0.25) is 0 Å². The summed E-state index contributed by atoms with van der Waals surface area (Å²) in [5, 5.41) is 18.0. The number of thioether (sulfide) groups is 1. The third-order valence-corrected chi connectivity index (χ3v) is 3.50. The van der Waals surface area contributed by atoms with Gasteiger partial charge in [-0.2, -0.15) is 23.7 Å². The van der Waals surface area contributed by atoms with Crippen LogP contribution in [0.3, 0.4) is 0 Å².